The van der Waals surface area contributed by atoms with Gasteiger partial charge in [0, 0.05) is 5.56 Å². The number of nitrogens with zero attached hydrogens (tertiary/aromatic N) is 1. The molecule has 0 fully saturated rings. The average Bonchev–Trinajstić information content (AvgIpc) is 2.17. The molecule has 78 valence electrons. The van der Waals surface area contributed by atoms with E-state index in [4.69, 9.17) is 0 Å². The minimum atomic E-state index is -4.47. The standard InChI is InChI=1S/C9H4F3NOS/c10-9(11,12)7-3-1-2-6(4-7)8(14)13-5-15/h1-4H. The predicted octanol–water partition coefficient (Wildman–Crippen LogP) is 2.95. The van der Waals surface area contributed by atoms with Gasteiger partial charge in [-0.25, -0.2) is 0 Å². The van der Waals surface area contributed by atoms with Crippen molar-refractivity contribution in [3.05, 3.63) is 35.4 Å². The number of rotatable bonds is 1. The third kappa shape index (κ3) is 2.97. The number of hydrogen-bond donors (Lipinski definition) is 0. The number of amides is 1. The van der Waals surface area contributed by atoms with Crippen molar-refractivity contribution in [3.8, 4) is 0 Å². The fourth-order valence-corrected chi connectivity index (χ4v) is 1.02. The summed E-state index contributed by atoms with van der Waals surface area (Å²) < 4.78 is 36.7. The van der Waals surface area contributed by atoms with Crippen LogP contribution in [0.15, 0.2) is 29.3 Å². The second-order valence-electron chi connectivity index (χ2n) is 2.59. The van der Waals surface area contributed by atoms with Crippen LogP contribution in [-0.4, -0.2) is 11.1 Å². The van der Waals surface area contributed by atoms with E-state index in [1.807, 2.05) is 0 Å². The maximum absolute atomic E-state index is 12.2. The number of isothiocyanates is 1. The highest BCUT2D eigenvalue weighted by atomic mass is 32.1. The molecule has 0 aliphatic carbocycles. The molecule has 0 spiro atoms. The lowest BCUT2D eigenvalue weighted by molar-refractivity contribution is -0.137. The van der Waals surface area contributed by atoms with Crippen molar-refractivity contribution in [1.29, 1.82) is 0 Å². The molecule has 1 rings (SSSR count). The summed E-state index contributed by atoms with van der Waals surface area (Å²) in [6, 6.07) is 3.96. The van der Waals surface area contributed by atoms with E-state index in [1.54, 1.807) is 5.16 Å². The van der Waals surface area contributed by atoms with E-state index in [9.17, 15) is 18.0 Å². The zero-order valence-electron chi connectivity index (χ0n) is 7.21. The maximum Gasteiger partial charge on any atom is 0.416 e. The summed E-state index contributed by atoms with van der Waals surface area (Å²) in [6.07, 6.45) is -4.47. The minimum Gasteiger partial charge on any atom is -0.266 e. The highest BCUT2D eigenvalue weighted by molar-refractivity contribution is 7.78. The van der Waals surface area contributed by atoms with Gasteiger partial charge in [-0.05, 0) is 30.4 Å². The van der Waals surface area contributed by atoms with Crippen LogP contribution in [0.25, 0.3) is 0 Å². The molecule has 0 heterocycles. The van der Waals surface area contributed by atoms with Gasteiger partial charge in [0.2, 0.25) is 0 Å². The first-order valence-corrected chi connectivity index (χ1v) is 4.15. The summed E-state index contributed by atoms with van der Waals surface area (Å²) in [6.45, 7) is 0. The predicted molar refractivity (Wildman–Crippen MR) is 50.8 cm³/mol. The Labute approximate surface area is 88.4 Å². The molecule has 1 aromatic rings. The van der Waals surface area contributed by atoms with Gasteiger partial charge in [0.1, 0.15) is 0 Å². The van der Waals surface area contributed by atoms with Crippen molar-refractivity contribution in [3.63, 3.8) is 0 Å². The quantitative estimate of drug-likeness (QED) is 0.549. The monoisotopic (exact) mass is 231 g/mol. The molecule has 0 radical (unpaired) electrons. The number of hydrogen-bond acceptors (Lipinski definition) is 2. The smallest absolute Gasteiger partial charge is 0.266 e. The summed E-state index contributed by atoms with van der Waals surface area (Å²) >= 11 is 4.17. The molecule has 2 nitrogen and oxygen atoms in total. The van der Waals surface area contributed by atoms with E-state index in [2.05, 4.69) is 17.2 Å². The fourth-order valence-electron chi connectivity index (χ4n) is 0.935. The Hall–Kier alpha value is -1.52. The molecule has 0 aromatic heterocycles. The Morgan fingerprint density at radius 2 is 2.07 bits per heavy atom. The van der Waals surface area contributed by atoms with Crippen LogP contribution in [0.4, 0.5) is 13.2 Å². The van der Waals surface area contributed by atoms with Crippen LogP contribution in [0.1, 0.15) is 15.9 Å². The second kappa shape index (κ2) is 4.33. The third-order valence-electron chi connectivity index (χ3n) is 1.58. The Bertz CT molecular complexity index is 435. The molecule has 6 heteroatoms. The summed E-state index contributed by atoms with van der Waals surface area (Å²) in [4.78, 5) is 14.1. The van der Waals surface area contributed by atoms with Gasteiger partial charge >= 0.3 is 6.18 Å². The van der Waals surface area contributed by atoms with Gasteiger partial charge in [0.05, 0.1) is 10.7 Å². The average molecular weight is 231 g/mol. The molecule has 0 unspecified atom stereocenters. The van der Waals surface area contributed by atoms with Crippen LogP contribution in [0, 0.1) is 0 Å². The Morgan fingerprint density at radius 3 is 2.60 bits per heavy atom. The Morgan fingerprint density at radius 1 is 1.40 bits per heavy atom. The topological polar surface area (TPSA) is 29.4 Å². The Balaban J connectivity index is 3.13. The van der Waals surface area contributed by atoms with Gasteiger partial charge in [-0.15, -0.1) is 0 Å². The minimum absolute atomic E-state index is 0.165. The van der Waals surface area contributed by atoms with Crippen LogP contribution in [0.3, 0.4) is 0 Å². The normalized spacial score (nSPS) is 10.6. The van der Waals surface area contributed by atoms with E-state index in [0.29, 0.717) is 0 Å². The van der Waals surface area contributed by atoms with Crippen LogP contribution in [0.5, 0.6) is 0 Å². The van der Waals surface area contributed by atoms with Crippen LogP contribution >= 0.6 is 12.2 Å². The molecule has 1 amide bonds. The van der Waals surface area contributed by atoms with Crippen LogP contribution in [-0.2, 0) is 6.18 Å². The summed E-state index contributed by atoms with van der Waals surface area (Å²) in [5.41, 5.74) is -1.06. The molecule has 0 N–H and O–H groups in total. The number of carbonyl (C=O) groups excluding carboxylic acids is 1. The number of aliphatic imine (C=N–C) groups is 1. The lowest BCUT2D eigenvalue weighted by atomic mass is 10.1. The molecule has 0 aliphatic heterocycles. The zero-order chi connectivity index (χ0) is 11.5. The van der Waals surface area contributed by atoms with Crippen molar-refractivity contribution in [2.75, 3.05) is 0 Å². The number of halogens is 3. The Kier molecular flexibility index (Phi) is 3.34. The van der Waals surface area contributed by atoms with E-state index < -0.39 is 17.6 Å². The van der Waals surface area contributed by atoms with Crippen molar-refractivity contribution >= 4 is 23.3 Å². The van der Waals surface area contributed by atoms with Crippen LogP contribution < -0.4 is 0 Å². The highest BCUT2D eigenvalue weighted by Crippen LogP contribution is 2.29. The maximum atomic E-state index is 12.2. The van der Waals surface area contributed by atoms with E-state index in [0.717, 1.165) is 18.2 Å². The highest BCUT2D eigenvalue weighted by Gasteiger charge is 2.30. The lowest BCUT2D eigenvalue weighted by Crippen LogP contribution is -2.06. The second-order valence-corrected chi connectivity index (χ2v) is 2.77. The molecule has 1 aromatic carbocycles. The zero-order valence-corrected chi connectivity index (χ0v) is 8.02. The summed E-state index contributed by atoms with van der Waals surface area (Å²) in [5, 5.41) is 1.80. The molecular weight excluding hydrogens is 227 g/mol. The largest absolute Gasteiger partial charge is 0.416 e. The first-order valence-electron chi connectivity index (χ1n) is 3.74. The van der Waals surface area contributed by atoms with Crippen molar-refractivity contribution < 1.29 is 18.0 Å². The third-order valence-corrected chi connectivity index (χ3v) is 1.68. The molecular formula is C9H4F3NOS. The summed E-state index contributed by atoms with van der Waals surface area (Å²) in [5.74, 6) is -0.837. The van der Waals surface area contributed by atoms with Crippen LogP contribution in [0.2, 0.25) is 0 Å². The van der Waals surface area contributed by atoms with Gasteiger partial charge in [0.25, 0.3) is 5.91 Å². The van der Waals surface area contributed by atoms with Crippen molar-refractivity contribution in [2.45, 2.75) is 6.18 Å². The number of thiocarbonyl (C=S) groups is 1. The molecule has 0 bridgehead atoms. The first kappa shape index (κ1) is 11.6. The lowest BCUT2D eigenvalue weighted by Gasteiger charge is -2.06. The molecule has 0 saturated heterocycles. The SMILES string of the molecule is O=C(N=C=S)c1cccc(C(F)(F)F)c1. The number of alkyl halides is 3. The van der Waals surface area contributed by atoms with Gasteiger partial charge < -0.3 is 0 Å². The fraction of sp³-hybridized carbons (Fsp3) is 0.111. The molecule has 0 atom stereocenters. The van der Waals surface area contributed by atoms with E-state index >= 15 is 0 Å². The first-order chi connectivity index (χ1) is 6.95. The van der Waals surface area contributed by atoms with Crippen molar-refractivity contribution in [1.82, 2.24) is 0 Å². The van der Waals surface area contributed by atoms with Crippen molar-refractivity contribution in [2.24, 2.45) is 4.99 Å². The van der Waals surface area contributed by atoms with E-state index in [1.165, 1.54) is 6.07 Å². The van der Waals surface area contributed by atoms with Gasteiger partial charge in [0.15, 0.2) is 0 Å². The molecule has 0 saturated carbocycles. The molecule has 15 heavy (non-hydrogen) atoms. The van der Waals surface area contributed by atoms with Gasteiger partial charge in [-0.3, -0.25) is 4.79 Å². The number of carbonyl (C=O) groups is 1. The van der Waals surface area contributed by atoms with Gasteiger partial charge in [-0.2, -0.15) is 18.2 Å². The number of benzene rings is 1. The summed E-state index contributed by atoms with van der Waals surface area (Å²) in [7, 11) is 0. The van der Waals surface area contributed by atoms with E-state index in [-0.39, 0.29) is 5.56 Å². The molecule has 0 aliphatic rings. The van der Waals surface area contributed by atoms with Gasteiger partial charge in [-0.1, -0.05) is 6.07 Å².